The maximum Gasteiger partial charge on any atom is 0.256 e. The lowest BCUT2D eigenvalue weighted by Gasteiger charge is -2.17. The van der Waals surface area contributed by atoms with Gasteiger partial charge in [-0.3, -0.25) is 9.78 Å². The average Bonchev–Trinajstić information content (AvgIpc) is 2.74. The number of hydrogen-bond acceptors (Lipinski definition) is 5. The van der Waals surface area contributed by atoms with Crippen molar-refractivity contribution in [3.8, 4) is 0 Å². The van der Waals surface area contributed by atoms with Crippen LogP contribution >= 0.6 is 0 Å². The van der Waals surface area contributed by atoms with Crippen LogP contribution in [0.15, 0.2) is 61.2 Å². The van der Waals surface area contributed by atoms with Crippen LogP contribution in [0.2, 0.25) is 0 Å². The van der Waals surface area contributed by atoms with Gasteiger partial charge in [-0.2, -0.15) is 0 Å². The Bertz CT molecular complexity index is 902. The number of likely N-dealkylation sites (N-methyl/N-ethyl adjacent to an activating group) is 1. The van der Waals surface area contributed by atoms with Gasteiger partial charge in [0.05, 0.1) is 5.56 Å². The van der Waals surface area contributed by atoms with E-state index in [1.165, 1.54) is 18.5 Å². The van der Waals surface area contributed by atoms with Crippen molar-refractivity contribution < 1.29 is 9.18 Å². The zero-order valence-electron chi connectivity index (χ0n) is 15.7. The second kappa shape index (κ2) is 9.55. The van der Waals surface area contributed by atoms with Gasteiger partial charge in [0.1, 0.15) is 5.82 Å². The number of carbonyl (C=O) groups is 1. The molecule has 1 amide bonds. The van der Waals surface area contributed by atoms with E-state index >= 15 is 0 Å². The fraction of sp³-hybridized carbons (Fsp3) is 0.238. The number of carbonyl (C=O) groups excluding carboxylic acids is 1. The van der Waals surface area contributed by atoms with E-state index in [9.17, 15) is 9.18 Å². The molecule has 0 atom stereocenters. The van der Waals surface area contributed by atoms with E-state index in [0.717, 1.165) is 12.0 Å². The molecular weight excluding hydrogens is 357 g/mol. The number of nitrogens with zero attached hydrogens (tertiary/aromatic N) is 4. The highest BCUT2D eigenvalue weighted by Crippen LogP contribution is 2.08. The minimum absolute atomic E-state index is 0.132. The Balaban J connectivity index is 1.49. The van der Waals surface area contributed by atoms with Crippen molar-refractivity contribution in [1.29, 1.82) is 0 Å². The number of benzene rings is 1. The summed E-state index contributed by atoms with van der Waals surface area (Å²) in [4.78, 5) is 26.5. The molecule has 0 unspecified atom stereocenters. The van der Waals surface area contributed by atoms with Crippen molar-refractivity contribution in [2.45, 2.75) is 12.8 Å². The van der Waals surface area contributed by atoms with Crippen molar-refractivity contribution in [3.63, 3.8) is 0 Å². The van der Waals surface area contributed by atoms with Gasteiger partial charge in [0.2, 0.25) is 5.95 Å². The van der Waals surface area contributed by atoms with Gasteiger partial charge in [-0.1, -0.05) is 18.2 Å². The number of halogens is 1. The van der Waals surface area contributed by atoms with E-state index in [1.807, 2.05) is 12.1 Å². The fourth-order valence-corrected chi connectivity index (χ4v) is 2.71. The Kier molecular flexibility index (Phi) is 6.62. The summed E-state index contributed by atoms with van der Waals surface area (Å²) in [7, 11) is 1.75. The van der Waals surface area contributed by atoms with Gasteiger partial charge in [-0.15, -0.1) is 0 Å². The van der Waals surface area contributed by atoms with Gasteiger partial charge < -0.3 is 10.2 Å². The van der Waals surface area contributed by atoms with E-state index in [-0.39, 0.29) is 11.7 Å². The quantitative estimate of drug-likeness (QED) is 0.652. The molecule has 7 heteroatoms. The van der Waals surface area contributed by atoms with Crippen LogP contribution in [0.1, 0.15) is 21.5 Å². The molecule has 0 aliphatic heterocycles. The molecule has 0 spiro atoms. The SMILES string of the molecule is CN(CCc1ccncc1)C(=O)c1cnc(NCCc2ccccc2F)nc1. The van der Waals surface area contributed by atoms with Crippen LogP contribution < -0.4 is 5.32 Å². The highest BCUT2D eigenvalue weighted by Gasteiger charge is 2.13. The second-order valence-corrected chi connectivity index (χ2v) is 6.40. The first-order chi connectivity index (χ1) is 13.6. The van der Waals surface area contributed by atoms with Crippen molar-refractivity contribution in [1.82, 2.24) is 19.9 Å². The maximum atomic E-state index is 13.6. The topological polar surface area (TPSA) is 71.0 Å². The van der Waals surface area contributed by atoms with Crippen LogP contribution in [0, 0.1) is 5.82 Å². The standard InChI is InChI=1S/C21H22FN5O/c1-27(13-9-16-6-10-23-11-7-16)20(28)18-14-25-21(26-15-18)24-12-8-17-4-2-3-5-19(17)22/h2-7,10-11,14-15H,8-9,12-13H2,1H3,(H,24,25,26). The van der Waals surface area contributed by atoms with Crippen LogP contribution in [0.3, 0.4) is 0 Å². The summed E-state index contributed by atoms with van der Waals surface area (Å²) < 4.78 is 13.6. The molecule has 144 valence electrons. The third-order valence-electron chi connectivity index (χ3n) is 4.37. The Hall–Kier alpha value is -3.35. The minimum Gasteiger partial charge on any atom is -0.354 e. The summed E-state index contributed by atoms with van der Waals surface area (Å²) in [5.41, 5.74) is 2.19. The molecule has 6 nitrogen and oxygen atoms in total. The smallest absolute Gasteiger partial charge is 0.256 e. The molecule has 0 radical (unpaired) electrons. The molecule has 0 fully saturated rings. The van der Waals surface area contributed by atoms with Gasteiger partial charge in [-0.05, 0) is 42.2 Å². The van der Waals surface area contributed by atoms with Gasteiger partial charge in [0, 0.05) is 44.9 Å². The molecule has 0 saturated heterocycles. The Morgan fingerprint density at radius 2 is 1.79 bits per heavy atom. The van der Waals surface area contributed by atoms with Crippen molar-refractivity contribution >= 4 is 11.9 Å². The van der Waals surface area contributed by atoms with E-state index in [4.69, 9.17) is 0 Å². The molecule has 28 heavy (non-hydrogen) atoms. The molecule has 3 rings (SSSR count). The lowest BCUT2D eigenvalue weighted by atomic mass is 10.1. The summed E-state index contributed by atoms with van der Waals surface area (Å²) in [6.07, 6.45) is 7.76. The van der Waals surface area contributed by atoms with E-state index < -0.39 is 0 Å². The third kappa shape index (κ3) is 5.33. The van der Waals surface area contributed by atoms with Crippen molar-refractivity contribution in [2.24, 2.45) is 0 Å². The molecule has 0 aliphatic rings. The first-order valence-corrected chi connectivity index (χ1v) is 9.07. The van der Waals surface area contributed by atoms with E-state index in [0.29, 0.717) is 36.6 Å². The molecule has 2 aromatic heterocycles. The zero-order valence-corrected chi connectivity index (χ0v) is 15.7. The summed E-state index contributed by atoms with van der Waals surface area (Å²) in [5, 5.41) is 3.04. The Morgan fingerprint density at radius 3 is 2.50 bits per heavy atom. The number of rotatable bonds is 8. The second-order valence-electron chi connectivity index (χ2n) is 6.40. The molecule has 1 N–H and O–H groups in total. The molecule has 0 aliphatic carbocycles. The summed E-state index contributed by atoms with van der Waals surface area (Å²) in [6, 6.07) is 10.5. The highest BCUT2D eigenvalue weighted by atomic mass is 19.1. The van der Waals surface area contributed by atoms with Gasteiger partial charge in [-0.25, -0.2) is 14.4 Å². The maximum absolute atomic E-state index is 13.6. The predicted molar refractivity (Wildman–Crippen MR) is 106 cm³/mol. The number of anilines is 1. The Labute approximate surface area is 163 Å². The fourth-order valence-electron chi connectivity index (χ4n) is 2.71. The number of hydrogen-bond donors (Lipinski definition) is 1. The monoisotopic (exact) mass is 379 g/mol. The zero-order chi connectivity index (χ0) is 19.8. The molecule has 1 aromatic carbocycles. The minimum atomic E-state index is -0.221. The first-order valence-electron chi connectivity index (χ1n) is 9.07. The summed E-state index contributed by atoms with van der Waals surface area (Å²) >= 11 is 0. The van der Waals surface area contributed by atoms with E-state index in [2.05, 4.69) is 20.3 Å². The highest BCUT2D eigenvalue weighted by molar-refractivity contribution is 5.93. The third-order valence-corrected chi connectivity index (χ3v) is 4.37. The molecule has 2 heterocycles. The number of nitrogens with one attached hydrogen (secondary N) is 1. The first kappa shape index (κ1) is 19.4. The van der Waals surface area contributed by atoms with Crippen LogP contribution in [0.25, 0.3) is 0 Å². The van der Waals surface area contributed by atoms with Crippen LogP contribution in [0.4, 0.5) is 10.3 Å². The Morgan fingerprint density at radius 1 is 1.07 bits per heavy atom. The molecule has 3 aromatic rings. The lowest BCUT2D eigenvalue weighted by molar-refractivity contribution is 0.0796. The van der Waals surface area contributed by atoms with Crippen LogP contribution in [-0.4, -0.2) is 45.9 Å². The number of pyridine rings is 1. The summed E-state index contributed by atoms with van der Waals surface area (Å²) in [5.74, 6) is 0.0558. The summed E-state index contributed by atoms with van der Waals surface area (Å²) in [6.45, 7) is 1.09. The average molecular weight is 379 g/mol. The van der Waals surface area contributed by atoms with Crippen molar-refractivity contribution in [3.05, 3.63) is 83.7 Å². The van der Waals surface area contributed by atoms with Gasteiger partial charge in [0.25, 0.3) is 5.91 Å². The molecular formula is C21H22FN5O. The number of amides is 1. The number of aromatic nitrogens is 3. The van der Waals surface area contributed by atoms with Crippen LogP contribution in [-0.2, 0) is 12.8 Å². The largest absolute Gasteiger partial charge is 0.354 e. The molecule has 0 bridgehead atoms. The van der Waals surface area contributed by atoms with Crippen LogP contribution in [0.5, 0.6) is 0 Å². The van der Waals surface area contributed by atoms with Gasteiger partial charge in [0.15, 0.2) is 0 Å². The van der Waals surface area contributed by atoms with Crippen molar-refractivity contribution in [2.75, 3.05) is 25.5 Å². The predicted octanol–water partition coefficient (Wildman–Crippen LogP) is 2.98. The van der Waals surface area contributed by atoms with E-state index in [1.54, 1.807) is 42.5 Å². The normalized spacial score (nSPS) is 10.5. The lowest BCUT2D eigenvalue weighted by Crippen LogP contribution is -2.29. The van der Waals surface area contributed by atoms with Gasteiger partial charge >= 0.3 is 0 Å². The molecule has 0 saturated carbocycles.